The summed E-state index contributed by atoms with van der Waals surface area (Å²) < 4.78 is 0. The van der Waals surface area contributed by atoms with E-state index in [1.54, 1.807) is 0 Å². The third kappa shape index (κ3) is 9.17. The Morgan fingerprint density at radius 2 is 1.55 bits per heavy atom. The summed E-state index contributed by atoms with van der Waals surface area (Å²) in [6, 6.07) is 11.9. The van der Waals surface area contributed by atoms with Crippen LogP contribution in [0.2, 0.25) is 0 Å². The van der Waals surface area contributed by atoms with Crippen molar-refractivity contribution < 1.29 is 0 Å². The molecule has 4 heteroatoms. The van der Waals surface area contributed by atoms with E-state index in [1.165, 1.54) is 109 Å². The van der Waals surface area contributed by atoms with Gasteiger partial charge >= 0.3 is 0 Å². The van der Waals surface area contributed by atoms with Crippen LogP contribution < -0.4 is 0 Å². The molecule has 2 heterocycles. The third-order valence-electron chi connectivity index (χ3n) is 6.86. The van der Waals surface area contributed by atoms with Crippen molar-refractivity contribution >= 4 is 24.8 Å². The Balaban J connectivity index is 0.00000210. The van der Waals surface area contributed by atoms with Crippen molar-refractivity contribution in [1.82, 2.24) is 10.0 Å². The maximum Gasteiger partial charge on any atom is 0.0245 e. The highest BCUT2D eigenvalue weighted by molar-refractivity contribution is 5.85. The van der Waals surface area contributed by atoms with Gasteiger partial charge in [0.2, 0.25) is 0 Å². The largest absolute Gasteiger partial charge is 0.242 e. The third-order valence-corrected chi connectivity index (χ3v) is 6.86. The molecule has 0 aliphatic carbocycles. The molecule has 0 N–H and O–H groups in total. The zero-order chi connectivity index (χ0) is 18.7. The first kappa shape index (κ1) is 26.8. The number of hydrogen-bond acceptors (Lipinski definition) is 2. The summed E-state index contributed by atoms with van der Waals surface area (Å²) in [6.07, 6.45) is 18.2. The molecule has 0 saturated carbocycles. The van der Waals surface area contributed by atoms with Crippen molar-refractivity contribution in [3.05, 3.63) is 35.9 Å². The van der Waals surface area contributed by atoms with Gasteiger partial charge in [0.15, 0.2) is 0 Å². The van der Waals surface area contributed by atoms with Crippen LogP contribution in [0.3, 0.4) is 0 Å². The number of halogens is 2. The van der Waals surface area contributed by atoms with Gasteiger partial charge in [0, 0.05) is 25.7 Å². The van der Waals surface area contributed by atoms with E-state index in [9.17, 15) is 0 Å². The molecule has 0 aromatic heterocycles. The molecule has 2 fully saturated rings. The molecule has 168 valence electrons. The highest BCUT2D eigenvalue weighted by atomic mass is 35.5. The van der Waals surface area contributed by atoms with Gasteiger partial charge in [-0.15, -0.1) is 24.8 Å². The van der Waals surface area contributed by atoms with Crippen LogP contribution in [-0.4, -0.2) is 35.7 Å². The fourth-order valence-electron chi connectivity index (χ4n) is 5.16. The van der Waals surface area contributed by atoms with Gasteiger partial charge in [0.25, 0.3) is 0 Å². The van der Waals surface area contributed by atoms with E-state index in [2.05, 4.69) is 47.3 Å². The summed E-state index contributed by atoms with van der Waals surface area (Å²) in [5, 5.41) is 5.55. The Bertz CT molecular complexity index is 503. The van der Waals surface area contributed by atoms with Gasteiger partial charge in [-0.1, -0.05) is 75.8 Å². The maximum atomic E-state index is 2.80. The second kappa shape index (κ2) is 15.5. The van der Waals surface area contributed by atoms with Crippen LogP contribution in [0.15, 0.2) is 30.3 Å². The van der Waals surface area contributed by atoms with Crippen molar-refractivity contribution in [3.63, 3.8) is 0 Å². The molecule has 2 saturated heterocycles. The van der Waals surface area contributed by atoms with Crippen LogP contribution in [0.25, 0.3) is 0 Å². The van der Waals surface area contributed by atoms with Crippen LogP contribution >= 0.6 is 24.8 Å². The Hall–Kier alpha value is -0.280. The van der Waals surface area contributed by atoms with E-state index in [0.717, 1.165) is 12.0 Å². The van der Waals surface area contributed by atoms with Crippen molar-refractivity contribution in [2.75, 3.05) is 19.6 Å². The molecule has 0 amide bonds. The molecule has 1 unspecified atom stereocenters. The number of rotatable bonds is 10. The van der Waals surface area contributed by atoms with E-state index in [-0.39, 0.29) is 24.8 Å². The van der Waals surface area contributed by atoms with Gasteiger partial charge in [-0.2, -0.15) is 0 Å². The lowest BCUT2D eigenvalue weighted by molar-refractivity contribution is -0.0984. The lowest BCUT2D eigenvalue weighted by Gasteiger charge is -2.46. The van der Waals surface area contributed by atoms with E-state index in [4.69, 9.17) is 0 Å². The lowest BCUT2D eigenvalue weighted by Crippen LogP contribution is -2.53. The SMILES string of the molecule is CCCCCCC1CCCCN1N1CCC(CCCc2ccccc2)CC1.Cl.Cl. The maximum absolute atomic E-state index is 2.80. The Labute approximate surface area is 192 Å². The van der Waals surface area contributed by atoms with Crippen molar-refractivity contribution in [2.24, 2.45) is 5.92 Å². The van der Waals surface area contributed by atoms with Gasteiger partial charge < -0.3 is 0 Å². The number of hydrazine groups is 1. The number of nitrogens with zero attached hydrogens (tertiary/aromatic N) is 2. The van der Waals surface area contributed by atoms with Gasteiger partial charge in [-0.05, 0) is 56.4 Å². The molecule has 2 aliphatic heterocycles. The Morgan fingerprint density at radius 3 is 2.28 bits per heavy atom. The first-order chi connectivity index (χ1) is 13.4. The van der Waals surface area contributed by atoms with E-state index in [1.807, 2.05) is 0 Å². The molecule has 0 radical (unpaired) electrons. The smallest absolute Gasteiger partial charge is 0.0245 e. The number of aryl methyl sites for hydroxylation is 1. The second-order valence-corrected chi connectivity index (χ2v) is 8.94. The van der Waals surface area contributed by atoms with Crippen molar-refractivity contribution in [1.29, 1.82) is 0 Å². The predicted molar refractivity (Wildman–Crippen MR) is 131 cm³/mol. The van der Waals surface area contributed by atoms with E-state index < -0.39 is 0 Å². The first-order valence-electron chi connectivity index (χ1n) is 11.9. The molecule has 1 aromatic carbocycles. The molecule has 29 heavy (non-hydrogen) atoms. The minimum Gasteiger partial charge on any atom is -0.242 e. The minimum absolute atomic E-state index is 0. The summed E-state index contributed by atoms with van der Waals surface area (Å²) in [7, 11) is 0. The number of hydrogen-bond donors (Lipinski definition) is 0. The van der Waals surface area contributed by atoms with Crippen LogP contribution in [0.1, 0.15) is 89.5 Å². The van der Waals surface area contributed by atoms with Gasteiger partial charge in [-0.3, -0.25) is 0 Å². The monoisotopic (exact) mass is 442 g/mol. The molecule has 0 bridgehead atoms. The lowest BCUT2D eigenvalue weighted by atomic mass is 9.91. The van der Waals surface area contributed by atoms with Gasteiger partial charge in [0.1, 0.15) is 0 Å². The average Bonchev–Trinajstić information content (AvgIpc) is 2.73. The Morgan fingerprint density at radius 1 is 0.793 bits per heavy atom. The highest BCUT2D eigenvalue weighted by Gasteiger charge is 2.29. The van der Waals surface area contributed by atoms with Crippen LogP contribution in [0.5, 0.6) is 0 Å². The molecule has 2 nitrogen and oxygen atoms in total. The zero-order valence-electron chi connectivity index (χ0n) is 18.6. The standard InChI is InChI=1S/C25H42N2.2ClH/c1-2-3-4-8-16-25-17-9-10-20-27(25)26-21-18-24(19-22-26)15-11-14-23-12-6-5-7-13-23;;/h5-7,12-13,24-25H,2-4,8-11,14-22H2,1H3;2*1H. The number of piperidine rings is 2. The van der Waals surface area contributed by atoms with Crippen LogP contribution in [0.4, 0.5) is 0 Å². The van der Waals surface area contributed by atoms with E-state index in [0.29, 0.717) is 0 Å². The van der Waals surface area contributed by atoms with E-state index >= 15 is 0 Å². The van der Waals surface area contributed by atoms with Crippen LogP contribution in [0, 0.1) is 5.92 Å². The molecule has 1 atom stereocenters. The topological polar surface area (TPSA) is 6.48 Å². The predicted octanol–water partition coefficient (Wildman–Crippen LogP) is 7.30. The molecule has 1 aromatic rings. The molecular formula is C25H44Cl2N2. The molecule has 0 spiro atoms. The van der Waals surface area contributed by atoms with Gasteiger partial charge in [0.05, 0.1) is 0 Å². The molecule has 3 rings (SSSR count). The molecular weight excluding hydrogens is 399 g/mol. The summed E-state index contributed by atoms with van der Waals surface area (Å²) in [6.45, 7) is 6.25. The highest BCUT2D eigenvalue weighted by Crippen LogP contribution is 2.29. The quantitative estimate of drug-likeness (QED) is 0.350. The van der Waals surface area contributed by atoms with Gasteiger partial charge in [-0.25, -0.2) is 10.0 Å². The average molecular weight is 444 g/mol. The fraction of sp³-hybridized carbons (Fsp3) is 0.760. The number of unbranched alkanes of at least 4 members (excludes halogenated alkanes) is 3. The summed E-state index contributed by atoms with van der Waals surface area (Å²) in [5.74, 6) is 0.956. The first-order valence-corrected chi connectivity index (χ1v) is 11.9. The minimum atomic E-state index is 0. The normalized spacial score (nSPS) is 21.3. The Kier molecular flexibility index (Phi) is 14.3. The fourth-order valence-corrected chi connectivity index (χ4v) is 5.16. The second-order valence-electron chi connectivity index (χ2n) is 8.94. The summed E-state index contributed by atoms with van der Waals surface area (Å²) in [4.78, 5) is 0. The molecule has 2 aliphatic rings. The summed E-state index contributed by atoms with van der Waals surface area (Å²) >= 11 is 0. The van der Waals surface area contributed by atoms with Crippen molar-refractivity contribution in [3.8, 4) is 0 Å². The zero-order valence-corrected chi connectivity index (χ0v) is 20.2. The number of benzene rings is 1. The summed E-state index contributed by atoms with van der Waals surface area (Å²) in [5.41, 5.74) is 1.51. The van der Waals surface area contributed by atoms with Crippen molar-refractivity contribution in [2.45, 2.75) is 96.4 Å². The van der Waals surface area contributed by atoms with Crippen LogP contribution in [-0.2, 0) is 6.42 Å².